The first-order chi connectivity index (χ1) is 8.11. The van der Waals surface area contributed by atoms with Gasteiger partial charge in [-0.2, -0.15) is 0 Å². The number of fused-ring (bicyclic) bond motifs is 1. The second kappa shape index (κ2) is 5.01. The summed E-state index contributed by atoms with van der Waals surface area (Å²) in [5.74, 6) is 0.951. The van der Waals surface area contributed by atoms with E-state index in [9.17, 15) is 5.11 Å². The molecular weight excluding hydrogens is 210 g/mol. The maximum Gasteiger partial charge on any atom is 0.0641 e. The quantitative estimate of drug-likeness (QED) is 0.627. The van der Waals surface area contributed by atoms with E-state index >= 15 is 0 Å². The molecule has 0 saturated carbocycles. The lowest BCUT2D eigenvalue weighted by Gasteiger charge is -2.15. The van der Waals surface area contributed by atoms with Crippen LogP contribution in [0.25, 0.3) is 0 Å². The van der Waals surface area contributed by atoms with Crippen LogP contribution < -0.4 is 0 Å². The monoisotopic (exact) mass is 231 g/mol. The van der Waals surface area contributed by atoms with Crippen LogP contribution in [-0.4, -0.2) is 16.7 Å². The SMILES string of the molecule is C=C(CO)C1CCC(C)c2ccc(C)nc2C1. The molecule has 2 nitrogen and oxygen atoms in total. The minimum atomic E-state index is 0.0974. The molecule has 92 valence electrons. The van der Waals surface area contributed by atoms with Crippen LogP contribution in [0.3, 0.4) is 0 Å². The van der Waals surface area contributed by atoms with Crippen molar-refractivity contribution in [1.29, 1.82) is 0 Å². The summed E-state index contributed by atoms with van der Waals surface area (Å²) in [6.07, 6.45) is 3.19. The van der Waals surface area contributed by atoms with Crippen molar-refractivity contribution in [1.82, 2.24) is 4.98 Å². The number of aliphatic hydroxyl groups is 1. The summed E-state index contributed by atoms with van der Waals surface area (Å²) in [5.41, 5.74) is 4.61. The fraction of sp³-hybridized carbons (Fsp3) is 0.533. The van der Waals surface area contributed by atoms with Gasteiger partial charge in [0.15, 0.2) is 0 Å². The zero-order valence-corrected chi connectivity index (χ0v) is 10.7. The van der Waals surface area contributed by atoms with Crippen LogP contribution in [0, 0.1) is 12.8 Å². The van der Waals surface area contributed by atoms with E-state index in [0.29, 0.717) is 11.8 Å². The Labute approximate surface area is 103 Å². The molecule has 2 rings (SSSR count). The van der Waals surface area contributed by atoms with Crippen LogP contribution >= 0.6 is 0 Å². The lowest BCUT2D eigenvalue weighted by atomic mass is 9.92. The van der Waals surface area contributed by atoms with Gasteiger partial charge in [-0.3, -0.25) is 4.98 Å². The lowest BCUT2D eigenvalue weighted by molar-refractivity contribution is 0.309. The lowest BCUT2D eigenvalue weighted by Crippen LogP contribution is -2.10. The molecule has 1 aliphatic rings. The summed E-state index contributed by atoms with van der Waals surface area (Å²) in [4.78, 5) is 4.67. The molecule has 1 N–H and O–H groups in total. The number of nitrogens with zero attached hydrogens (tertiary/aromatic N) is 1. The van der Waals surface area contributed by atoms with E-state index in [1.54, 1.807) is 0 Å². The third-order valence-corrected chi connectivity index (χ3v) is 3.85. The first kappa shape index (κ1) is 12.3. The average molecular weight is 231 g/mol. The maximum atomic E-state index is 9.23. The Kier molecular flexibility index (Phi) is 3.63. The van der Waals surface area contributed by atoms with E-state index in [-0.39, 0.29) is 6.61 Å². The number of aliphatic hydroxyl groups excluding tert-OH is 1. The molecule has 0 aromatic carbocycles. The average Bonchev–Trinajstić information content (AvgIpc) is 2.48. The minimum absolute atomic E-state index is 0.0974. The molecule has 2 heteroatoms. The number of aryl methyl sites for hydroxylation is 1. The largest absolute Gasteiger partial charge is 0.392 e. The highest BCUT2D eigenvalue weighted by molar-refractivity contribution is 5.29. The third kappa shape index (κ3) is 2.58. The summed E-state index contributed by atoms with van der Waals surface area (Å²) in [7, 11) is 0. The Hall–Kier alpha value is -1.15. The Morgan fingerprint density at radius 1 is 1.47 bits per heavy atom. The summed E-state index contributed by atoms with van der Waals surface area (Å²) in [6, 6.07) is 4.31. The van der Waals surface area contributed by atoms with E-state index in [0.717, 1.165) is 30.5 Å². The maximum absolute atomic E-state index is 9.23. The zero-order chi connectivity index (χ0) is 12.4. The summed E-state index contributed by atoms with van der Waals surface area (Å²) < 4.78 is 0. The van der Waals surface area contributed by atoms with E-state index in [2.05, 4.69) is 30.6 Å². The first-order valence-electron chi connectivity index (χ1n) is 6.36. The summed E-state index contributed by atoms with van der Waals surface area (Å²) in [6.45, 7) is 8.38. The Morgan fingerprint density at radius 2 is 2.24 bits per heavy atom. The highest BCUT2D eigenvalue weighted by Crippen LogP contribution is 2.34. The molecule has 0 bridgehead atoms. The predicted molar refractivity (Wildman–Crippen MR) is 70.0 cm³/mol. The molecule has 2 atom stereocenters. The Bertz CT molecular complexity index is 425. The van der Waals surface area contributed by atoms with E-state index < -0.39 is 0 Å². The second-order valence-corrected chi connectivity index (χ2v) is 5.18. The standard InChI is InChI=1S/C15H21NO/c1-10-4-6-13(11(2)9-17)8-15-14(10)7-5-12(3)16-15/h5,7,10,13,17H,2,4,6,8-9H2,1,3H3. The molecule has 0 fully saturated rings. The topological polar surface area (TPSA) is 33.1 Å². The van der Waals surface area contributed by atoms with Gasteiger partial charge in [0.05, 0.1) is 6.61 Å². The van der Waals surface area contributed by atoms with Gasteiger partial charge in [0, 0.05) is 11.4 Å². The zero-order valence-electron chi connectivity index (χ0n) is 10.7. The van der Waals surface area contributed by atoms with Crippen molar-refractivity contribution in [2.45, 2.75) is 39.0 Å². The number of hydrogen-bond donors (Lipinski definition) is 1. The molecule has 0 spiro atoms. The molecule has 1 aliphatic carbocycles. The van der Waals surface area contributed by atoms with Crippen LogP contribution in [-0.2, 0) is 6.42 Å². The highest BCUT2D eigenvalue weighted by Gasteiger charge is 2.23. The van der Waals surface area contributed by atoms with Crippen molar-refractivity contribution in [3.63, 3.8) is 0 Å². The molecular formula is C15H21NO. The van der Waals surface area contributed by atoms with Crippen LogP contribution in [0.1, 0.15) is 42.6 Å². The van der Waals surface area contributed by atoms with Gasteiger partial charge < -0.3 is 5.11 Å². The van der Waals surface area contributed by atoms with Crippen LogP contribution in [0.4, 0.5) is 0 Å². The molecule has 0 aliphatic heterocycles. The first-order valence-corrected chi connectivity index (χ1v) is 6.36. The normalized spacial score (nSPS) is 23.9. The summed E-state index contributed by atoms with van der Waals surface area (Å²) >= 11 is 0. The van der Waals surface area contributed by atoms with Crippen LogP contribution in [0.15, 0.2) is 24.3 Å². The van der Waals surface area contributed by atoms with Crippen molar-refractivity contribution < 1.29 is 5.11 Å². The molecule has 17 heavy (non-hydrogen) atoms. The van der Waals surface area contributed by atoms with Gasteiger partial charge in [0.1, 0.15) is 0 Å². The van der Waals surface area contributed by atoms with Crippen molar-refractivity contribution >= 4 is 0 Å². The van der Waals surface area contributed by atoms with Gasteiger partial charge in [-0.1, -0.05) is 19.6 Å². The smallest absolute Gasteiger partial charge is 0.0641 e. The predicted octanol–water partition coefficient (Wildman–Crippen LogP) is 2.99. The van der Waals surface area contributed by atoms with Crippen LogP contribution in [0.2, 0.25) is 0 Å². The molecule has 1 aromatic heterocycles. The van der Waals surface area contributed by atoms with Crippen molar-refractivity contribution in [2.75, 3.05) is 6.61 Å². The second-order valence-electron chi connectivity index (χ2n) is 5.18. The van der Waals surface area contributed by atoms with Crippen LogP contribution in [0.5, 0.6) is 0 Å². The highest BCUT2D eigenvalue weighted by atomic mass is 16.3. The van der Waals surface area contributed by atoms with Crippen molar-refractivity contribution in [2.24, 2.45) is 5.92 Å². The molecule has 1 aromatic rings. The van der Waals surface area contributed by atoms with E-state index in [1.165, 1.54) is 11.3 Å². The number of hydrogen-bond acceptors (Lipinski definition) is 2. The molecule has 0 amide bonds. The van der Waals surface area contributed by atoms with Gasteiger partial charge in [-0.25, -0.2) is 0 Å². The van der Waals surface area contributed by atoms with Gasteiger partial charge in [0.2, 0.25) is 0 Å². The Balaban J connectivity index is 2.33. The summed E-state index contributed by atoms with van der Waals surface area (Å²) in [5, 5.41) is 9.23. The molecule has 0 radical (unpaired) electrons. The van der Waals surface area contributed by atoms with E-state index in [1.807, 2.05) is 6.92 Å². The minimum Gasteiger partial charge on any atom is -0.392 e. The van der Waals surface area contributed by atoms with Gasteiger partial charge >= 0.3 is 0 Å². The fourth-order valence-corrected chi connectivity index (χ4v) is 2.65. The number of rotatable bonds is 2. The molecule has 1 heterocycles. The van der Waals surface area contributed by atoms with Gasteiger partial charge in [-0.05, 0) is 55.2 Å². The molecule has 2 unspecified atom stereocenters. The number of pyridine rings is 1. The van der Waals surface area contributed by atoms with Gasteiger partial charge in [-0.15, -0.1) is 0 Å². The van der Waals surface area contributed by atoms with Crippen molar-refractivity contribution in [3.8, 4) is 0 Å². The van der Waals surface area contributed by atoms with Gasteiger partial charge in [0.25, 0.3) is 0 Å². The third-order valence-electron chi connectivity index (χ3n) is 3.85. The molecule has 0 saturated heterocycles. The fourth-order valence-electron chi connectivity index (χ4n) is 2.65. The number of aromatic nitrogens is 1. The Morgan fingerprint density at radius 3 is 2.94 bits per heavy atom. The van der Waals surface area contributed by atoms with Crippen molar-refractivity contribution in [3.05, 3.63) is 41.2 Å². The van der Waals surface area contributed by atoms with E-state index in [4.69, 9.17) is 0 Å².